The summed E-state index contributed by atoms with van der Waals surface area (Å²) < 4.78 is 3.65. The minimum atomic E-state index is -0.0754. The topological polar surface area (TPSA) is 58.1 Å². The molecule has 1 aliphatic rings. The molecule has 6 heteroatoms. The van der Waals surface area contributed by atoms with Crippen LogP contribution >= 0.6 is 11.5 Å². The smallest absolute Gasteiger partial charge is 0.322 e. The SMILES string of the molecule is CN(C(=O)Nc1cnns1)C1CC1. The van der Waals surface area contributed by atoms with Crippen molar-refractivity contribution in [1.82, 2.24) is 14.5 Å². The Balaban J connectivity index is 1.90. The van der Waals surface area contributed by atoms with Crippen LogP contribution < -0.4 is 5.32 Å². The normalized spacial score (nSPS) is 15.5. The summed E-state index contributed by atoms with van der Waals surface area (Å²) >= 11 is 1.18. The fourth-order valence-corrected chi connectivity index (χ4v) is 1.45. The van der Waals surface area contributed by atoms with Crippen LogP contribution in [0.15, 0.2) is 6.20 Å². The molecule has 2 rings (SSSR count). The number of urea groups is 1. The number of nitrogens with zero attached hydrogens (tertiary/aromatic N) is 3. The minimum Gasteiger partial charge on any atom is -0.325 e. The van der Waals surface area contributed by atoms with Gasteiger partial charge in [0, 0.05) is 24.6 Å². The Morgan fingerprint density at radius 2 is 2.54 bits per heavy atom. The molecule has 1 aliphatic carbocycles. The summed E-state index contributed by atoms with van der Waals surface area (Å²) in [6, 6.07) is 0.356. The lowest BCUT2D eigenvalue weighted by atomic mass is 10.6. The lowest BCUT2D eigenvalue weighted by Crippen LogP contribution is -2.32. The maximum Gasteiger partial charge on any atom is 0.322 e. The molecule has 0 saturated heterocycles. The van der Waals surface area contributed by atoms with Crippen LogP contribution in [0.2, 0.25) is 0 Å². The van der Waals surface area contributed by atoms with E-state index in [0.29, 0.717) is 11.0 Å². The highest BCUT2D eigenvalue weighted by Gasteiger charge is 2.29. The lowest BCUT2D eigenvalue weighted by Gasteiger charge is -2.15. The van der Waals surface area contributed by atoms with E-state index in [1.807, 2.05) is 7.05 Å². The summed E-state index contributed by atoms with van der Waals surface area (Å²) in [5.74, 6) is 0. The monoisotopic (exact) mass is 198 g/mol. The molecule has 0 aliphatic heterocycles. The number of carbonyl (C=O) groups is 1. The molecular formula is C7H10N4OS. The summed E-state index contributed by atoms with van der Waals surface area (Å²) in [4.78, 5) is 13.2. The summed E-state index contributed by atoms with van der Waals surface area (Å²) in [7, 11) is 1.81. The quantitative estimate of drug-likeness (QED) is 0.775. The van der Waals surface area contributed by atoms with E-state index in [9.17, 15) is 4.79 Å². The number of nitrogens with one attached hydrogen (secondary N) is 1. The second-order valence-electron chi connectivity index (χ2n) is 3.05. The first-order valence-corrected chi connectivity index (χ1v) is 4.86. The van der Waals surface area contributed by atoms with E-state index < -0.39 is 0 Å². The molecule has 1 heterocycles. The van der Waals surface area contributed by atoms with E-state index in [2.05, 4.69) is 14.9 Å². The predicted molar refractivity (Wildman–Crippen MR) is 49.7 cm³/mol. The van der Waals surface area contributed by atoms with E-state index >= 15 is 0 Å². The Labute approximate surface area is 79.9 Å². The van der Waals surface area contributed by atoms with Crippen molar-refractivity contribution in [3.8, 4) is 0 Å². The molecule has 70 valence electrons. The molecule has 1 fully saturated rings. The molecule has 13 heavy (non-hydrogen) atoms. The molecule has 0 radical (unpaired) electrons. The average molecular weight is 198 g/mol. The zero-order valence-corrected chi connectivity index (χ0v) is 8.04. The van der Waals surface area contributed by atoms with E-state index in [1.54, 1.807) is 11.1 Å². The van der Waals surface area contributed by atoms with Gasteiger partial charge in [0.15, 0.2) is 0 Å². The molecule has 0 bridgehead atoms. The third-order valence-electron chi connectivity index (χ3n) is 2.01. The van der Waals surface area contributed by atoms with Gasteiger partial charge in [0.1, 0.15) is 5.00 Å². The summed E-state index contributed by atoms with van der Waals surface area (Å²) in [5, 5.41) is 7.05. The molecular weight excluding hydrogens is 188 g/mol. The lowest BCUT2D eigenvalue weighted by molar-refractivity contribution is 0.220. The molecule has 1 saturated carbocycles. The molecule has 1 aromatic rings. The van der Waals surface area contributed by atoms with Gasteiger partial charge in [0.25, 0.3) is 0 Å². The first-order valence-electron chi connectivity index (χ1n) is 4.08. The highest BCUT2D eigenvalue weighted by atomic mass is 32.1. The van der Waals surface area contributed by atoms with Crippen molar-refractivity contribution in [3.63, 3.8) is 0 Å². The van der Waals surface area contributed by atoms with Crippen molar-refractivity contribution in [2.45, 2.75) is 18.9 Å². The van der Waals surface area contributed by atoms with Gasteiger partial charge < -0.3 is 4.90 Å². The zero-order chi connectivity index (χ0) is 9.26. The maximum atomic E-state index is 11.5. The van der Waals surface area contributed by atoms with Crippen LogP contribution in [0.5, 0.6) is 0 Å². The van der Waals surface area contributed by atoms with Crippen molar-refractivity contribution >= 4 is 22.6 Å². The van der Waals surface area contributed by atoms with E-state index in [0.717, 1.165) is 12.8 Å². The molecule has 1 aromatic heterocycles. The third kappa shape index (κ3) is 1.95. The fourth-order valence-electron chi connectivity index (χ4n) is 1.04. The molecule has 2 amide bonds. The van der Waals surface area contributed by atoms with Crippen molar-refractivity contribution in [3.05, 3.63) is 6.20 Å². The van der Waals surface area contributed by atoms with Crippen molar-refractivity contribution < 1.29 is 4.79 Å². The highest BCUT2D eigenvalue weighted by molar-refractivity contribution is 7.10. The number of hydrogen-bond acceptors (Lipinski definition) is 4. The summed E-state index contributed by atoms with van der Waals surface area (Å²) in [6.45, 7) is 0. The van der Waals surface area contributed by atoms with Crippen LogP contribution in [0, 0.1) is 0 Å². The van der Waals surface area contributed by atoms with Gasteiger partial charge in [-0.15, -0.1) is 5.10 Å². The molecule has 0 unspecified atom stereocenters. The fraction of sp³-hybridized carbons (Fsp3) is 0.571. The molecule has 0 aromatic carbocycles. The maximum absolute atomic E-state index is 11.5. The summed E-state index contributed by atoms with van der Waals surface area (Å²) in [6.07, 6.45) is 3.78. The average Bonchev–Trinajstić information content (AvgIpc) is 2.85. The zero-order valence-electron chi connectivity index (χ0n) is 7.23. The van der Waals surface area contributed by atoms with Crippen molar-refractivity contribution in [2.75, 3.05) is 12.4 Å². The van der Waals surface area contributed by atoms with Gasteiger partial charge in [-0.05, 0) is 12.8 Å². The second-order valence-corrected chi connectivity index (χ2v) is 3.84. The van der Waals surface area contributed by atoms with Gasteiger partial charge in [0.05, 0.1) is 6.20 Å². The van der Waals surface area contributed by atoms with Crippen LogP contribution in [-0.4, -0.2) is 33.6 Å². The number of amides is 2. The van der Waals surface area contributed by atoms with Crippen LogP contribution in [0.1, 0.15) is 12.8 Å². The first-order chi connectivity index (χ1) is 6.27. The van der Waals surface area contributed by atoms with Gasteiger partial charge in [-0.3, -0.25) is 5.32 Å². The Bertz CT molecular complexity index is 295. The van der Waals surface area contributed by atoms with E-state index in [1.165, 1.54) is 11.5 Å². The van der Waals surface area contributed by atoms with Gasteiger partial charge in [-0.1, -0.05) is 4.49 Å². The van der Waals surface area contributed by atoms with Crippen LogP contribution in [-0.2, 0) is 0 Å². The van der Waals surface area contributed by atoms with Crippen LogP contribution in [0.4, 0.5) is 9.80 Å². The second kappa shape index (κ2) is 3.29. The highest BCUT2D eigenvalue weighted by Crippen LogP contribution is 2.25. The Morgan fingerprint density at radius 1 is 1.77 bits per heavy atom. The Kier molecular flexibility index (Phi) is 2.13. The Morgan fingerprint density at radius 3 is 3.08 bits per heavy atom. The standard InChI is InChI=1S/C7H10N4OS/c1-11(5-2-3-5)7(12)9-6-4-8-10-13-6/h4-5H,2-3H2,1H3,(H,9,12). The number of aromatic nitrogens is 2. The number of hydrogen-bond donors (Lipinski definition) is 1. The van der Waals surface area contributed by atoms with Gasteiger partial charge >= 0.3 is 6.03 Å². The van der Waals surface area contributed by atoms with Gasteiger partial charge in [0.2, 0.25) is 0 Å². The van der Waals surface area contributed by atoms with Crippen LogP contribution in [0.3, 0.4) is 0 Å². The number of rotatable bonds is 2. The summed E-state index contributed by atoms with van der Waals surface area (Å²) in [5.41, 5.74) is 0. The number of carbonyl (C=O) groups excluding carboxylic acids is 1. The third-order valence-corrected chi connectivity index (χ3v) is 2.59. The predicted octanol–water partition coefficient (Wildman–Crippen LogP) is 1.16. The molecule has 1 N–H and O–H groups in total. The van der Waals surface area contributed by atoms with E-state index in [4.69, 9.17) is 0 Å². The van der Waals surface area contributed by atoms with E-state index in [-0.39, 0.29) is 6.03 Å². The first kappa shape index (κ1) is 8.43. The van der Waals surface area contributed by atoms with Gasteiger partial charge in [-0.25, -0.2) is 4.79 Å². The van der Waals surface area contributed by atoms with Gasteiger partial charge in [-0.2, -0.15) is 0 Å². The molecule has 0 atom stereocenters. The largest absolute Gasteiger partial charge is 0.325 e. The van der Waals surface area contributed by atoms with Crippen molar-refractivity contribution in [2.24, 2.45) is 0 Å². The molecule has 0 spiro atoms. The molecule has 5 nitrogen and oxygen atoms in total. The van der Waals surface area contributed by atoms with Crippen molar-refractivity contribution in [1.29, 1.82) is 0 Å². The van der Waals surface area contributed by atoms with Crippen LogP contribution in [0.25, 0.3) is 0 Å². The minimum absolute atomic E-state index is 0.0754. The Hall–Kier alpha value is -1.17. The number of anilines is 1.